The largest absolute Gasteiger partial charge is 0.355 e. The second-order valence-corrected chi connectivity index (χ2v) is 9.63. The SMILES string of the molecule is CNC(=O)c1cccc(-c2ncc(NC(=O)C(C)NC)c(=O)n2Cc2cc(F)cc(C(=O)c3ccc(F)cc3)c2)c1C. The highest BCUT2D eigenvalue weighted by Gasteiger charge is 2.21. The van der Waals surface area contributed by atoms with E-state index < -0.39 is 34.9 Å². The van der Waals surface area contributed by atoms with Gasteiger partial charge in [-0.15, -0.1) is 0 Å². The number of carbonyl (C=O) groups excluding carboxylic acids is 3. The standard InChI is InChI=1S/C31H29F2N5O4/c1-17-24(6-5-7-25(17)30(41)35-4)28-36-15-26(37-29(40)18(2)34-3)31(42)38(28)16-19-12-21(14-23(33)13-19)27(39)20-8-10-22(32)11-9-20/h5-15,18,34H,16H2,1-4H3,(H,35,41)(H,37,40). The van der Waals surface area contributed by atoms with Crippen molar-refractivity contribution in [3.05, 3.63) is 117 Å². The van der Waals surface area contributed by atoms with Crippen molar-refractivity contribution in [1.82, 2.24) is 20.2 Å². The number of nitrogens with one attached hydrogen (secondary N) is 3. The second-order valence-electron chi connectivity index (χ2n) is 9.63. The molecule has 1 heterocycles. The van der Waals surface area contributed by atoms with Crippen LogP contribution in [0, 0.1) is 18.6 Å². The van der Waals surface area contributed by atoms with Gasteiger partial charge in [0.05, 0.1) is 18.8 Å². The van der Waals surface area contributed by atoms with Crippen molar-refractivity contribution in [2.24, 2.45) is 0 Å². The molecule has 4 rings (SSSR count). The molecule has 1 atom stereocenters. The summed E-state index contributed by atoms with van der Waals surface area (Å²) in [4.78, 5) is 56.3. The molecule has 0 fully saturated rings. The monoisotopic (exact) mass is 573 g/mol. The number of halogens is 2. The minimum absolute atomic E-state index is 0.00395. The third kappa shape index (κ3) is 6.31. The summed E-state index contributed by atoms with van der Waals surface area (Å²) in [6.45, 7) is 3.11. The summed E-state index contributed by atoms with van der Waals surface area (Å²) in [6.07, 6.45) is 1.23. The molecule has 3 aromatic carbocycles. The van der Waals surface area contributed by atoms with Crippen LogP contribution in [0.25, 0.3) is 11.4 Å². The van der Waals surface area contributed by atoms with Crippen molar-refractivity contribution in [1.29, 1.82) is 0 Å². The molecule has 1 aromatic heterocycles. The fourth-order valence-electron chi connectivity index (χ4n) is 4.39. The molecule has 42 heavy (non-hydrogen) atoms. The lowest BCUT2D eigenvalue weighted by Crippen LogP contribution is -2.38. The summed E-state index contributed by atoms with van der Waals surface area (Å²) in [6, 6.07) is 12.9. The van der Waals surface area contributed by atoms with Gasteiger partial charge in [-0.25, -0.2) is 13.8 Å². The number of nitrogens with zero attached hydrogens (tertiary/aromatic N) is 2. The summed E-state index contributed by atoms with van der Waals surface area (Å²) in [5.74, 6) is -2.40. The van der Waals surface area contributed by atoms with Gasteiger partial charge in [0.25, 0.3) is 11.5 Å². The average Bonchev–Trinajstić information content (AvgIpc) is 2.98. The number of amides is 2. The van der Waals surface area contributed by atoms with E-state index in [1.165, 1.54) is 42.1 Å². The molecule has 0 aliphatic rings. The summed E-state index contributed by atoms with van der Waals surface area (Å²) in [7, 11) is 3.10. The normalized spacial score (nSPS) is 11.6. The second kappa shape index (κ2) is 12.6. The minimum atomic E-state index is -0.717. The van der Waals surface area contributed by atoms with Gasteiger partial charge in [-0.2, -0.15) is 0 Å². The first kappa shape index (κ1) is 29.9. The van der Waals surface area contributed by atoms with E-state index in [1.807, 2.05) is 0 Å². The quantitative estimate of drug-likeness (QED) is 0.263. The van der Waals surface area contributed by atoms with Crippen LogP contribution in [0.1, 0.15) is 44.3 Å². The van der Waals surface area contributed by atoms with E-state index in [4.69, 9.17) is 0 Å². The van der Waals surface area contributed by atoms with Gasteiger partial charge in [0.1, 0.15) is 23.1 Å². The van der Waals surface area contributed by atoms with Crippen LogP contribution in [-0.2, 0) is 11.3 Å². The van der Waals surface area contributed by atoms with Crippen molar-refractivity contribution < 1.29 is 23.2 Å². The van der Waals surface area contributed by atoms with E-state index in [2.05, 4.69) is 20.9 Å². The molecular formula is C31H29F2N5O4. The fraction of sp³-hybridized carbons (Fsp3) is 0.194. The van der Waals surface area contributed by atoms with Gasteiger partial charge < -0.3 is 16.0 Å². The minimum Gasteiger partial charge on any atom is -0.355 e. The van der Waals surface area contributed by atoms with Crippen molar-refractivity contribution in [2.45, 2.75) is 26.4 Å². The number of hydrogen-bond acceptors (Lipinski definition) is 6. The molecule has 0 aliphatic heterocycles. The van der Waals surface area contributed by atoms with Gasteiger partial charge in [0.2, 0.25) is 5.91 Å². The van der Waals surface area contributed by atoms with Crippen LogP contribution in [0.5, 0.6) is 0 Å². The zero-order chi connectivity index (χ0) is 30.6. The van der Waals surface area contributed by atoms with Crippen LogP contribution in [0.15, 0.2) is 71.7 Å². The molecule has 11 heteroatoms. The Morgan fingerprint density at radius 2 is 1.67 bits per heavy atom. The highest BCUT2D eigenvalue weighted by atomic mass is 19.1. The first-order chi connectivity index (χ1) is 20.0. The van der Waals surface area contributed by atoms with Gasteiger partial charge in [-0.1, -0.05) is 12.1 Å². The molecule has 0 saturated heterocycles. The number of likely N-dealkylation sites (N-methyl/N-ethyl adjacent to an activating group) is 1. The number of hydrogen-bond donors (Lipinski definition) is 3. The molecule has 0 spiro atoms. The van der Waals surface area contributed by atoms with Gasteiger partial charge >= 0.3 is 0 Å². The van der Waals surface area contributed by atoms with E-state index in [0.29, 0.717) is 16.7 Å². The number of anilines is 1. The number of ketones is 1. The van der Waals surface area contributed by atoms with E-state index in [0.717, 1.165) is 18.2 Å². The van der Waals surface area contributed by atoms with E-state index in [9.17, 15) is 28.0 Å². The topological polar surface area (TPSA) is 122 Å². The Morgan fingerprint density at radius 3 is 2.33 bits per heavy atom. The van der Waals surface area contributed by atoms with Gasteiger partial charge in [0.15, 0.2) is 5.78 Å². The highest BCUT2D eigenvalue weighted by Crippen LogP contribution is 2.25. The molecule has 2 amide bonds. The first-order valence-corrected chi connectivity index (χ1v) is 13.0. The number of aromatic nitrogens is 2. The van der Waals surface area contributed by atoms with Crippen LogP contribution < -0.4 is 21.5 Å². The summed E-state index contributed by atoms with van der Waals surface area (Å²) in [5, 5.41) is 7.94. The van der Waals surface area contributed by atoms with Crippen LogP contribution in [0.2, 0.25) is 0 Å². The van der Waals surface area contributed by atoms with Crippen LogP contribution in [0.3, 0.4) is 0 Å². The maximum absolute atomic E-state index is 14.8. The highest BCUT2D eigenvalue weighted by molar-refractivity contribution is 6.09. The molecule has 216 valence electrons. The zero-order valence-electron chi connectivity index (χ0n) is 23.4. The lowest BCUT2D eigenvalue weighted by molar-refractivity contribution is -0.117. The number of rotatable bonds is 9. The summed E-state index contributed by atoms with van der Waals surface area (Å²) >= 11 is 0. The predicted molar refractivity (Wildman–Crippen MR) is 155 cm³/mol. The molecular weight excluding hydrogens is 544 g/mol. The van der Waals surface area contributed by atoms with Gasteiger partial charge in [-0.3, -0.25) is 23.7 Å². The smallest absolute Gasteiger partial charge is 0.277 e. The van der Waals surface area contributed by atoms with Crippen molar-refractivity contribution in [3.63, 3.8) is 0 Å². The molecule has 0 aliphatic carbocycles. The van der Waals surface area contributed by atoms with E-state index in [-0.39, 0.29) is 40.7 Å². The van der Waals surface area contributed by atoms with Crippen molar-refractivity contribution >= 4 is 23.3 Å². The Balaban J connectivity index is 1.85. The summed E-state index contributed by atoms with van der Waals surface area (Å²) < 4.78 is 29.4. The third-order valence-electron chi connectivity index (χ3n) is 6.84. The molecule has 4 aromatic rings. The van der Waals surface area contributed by atoms with Gasteiger partial charge in [0, 0.05) is 29.3 Å². The van der Waals surface area contributed by atoms with Crippen molar-refractivity contribution in [3.8, 4) is 11.4 Å². The van der Waals surface area contributed by atoms with Crippen molar-refractivity contribution in [2.75, 3.05) is 19.4 Å². The van der Waals surface area contributed by atoms with E-state index >= 15 is 0 Å². The Bertz CT molecular complexity index is 1730. The average molecular weight is 574 g/mol. The maximum Gasteiger partial charge on any atom is 0.277 e. The Morgan fingerprint density at radius 1 is 0.952 bits per heavy atom. The van der Waals surface area contributed by atoms with Crippen LogP contribution >= 0.6 is 0 Å². The number of benzene rings is 3. The van der Waals surface area contributed by atoms with Crippen LogP contribution in [0.4, 0.5) is 14.5 Å². The molecule has 1 unspecified atom stereocenters. The zero-order valence-corrected chi connectivity index (χ0v) is 23.4. The Labute approximate surface area is 240 Å². The molecule has 9 nitrogen and oxygen atoms in total. The van der Waals surface area contributed by atoms with Gasteiger partial charge in [-0.05, 0) is 80.6 Å². The molecule has 0 bridgehead atoms. The summed E-state index contributed by atoms with van der Waals surface area (Å²) in [5.41, 5.74) is 1.08. The lowest BCUT2D eigenvalue weighted by atomic mass is 10.00. The third-order valence-corrected chi connectivity index (χ3v) is 6.84. The Kier molecular flexibility index (Phi) is 9.02. The molecule has 3 N–H and O–H groups in total. The number of carbonyl (C=O) groups is 3. The van der Waals surface area contributed by atoms with Crippen LogP contribution in [-0.4, -0.2) is 47.3 Å². The van der Waals surface area contributed by atoms with E-state index in [1.54, 1.807) is 39.1 Å². The first-order valence-electron chi connectivity index (χ1n) is 13.0. The Hall–Kier alpha value is -5.03. The lowest BCUT2D eigenvalue weighted by Gasteiger charge is -2.18. The molecule has 0 saturated carbocycles. The fourth-order valence-corrected chi connectivity index (χ4v) is 4.39. The maximum atomic E-state index is 14.8. The molecule has 0 radical (unpaired) electrons. The predicted octanol–water partition coefficient (Wildman–Crippen LogP) is 3.68.